The average molecular weight is 210 g/mol. The molecule has 0 bridgehead atoms. The van der Waals surface area contributed by atoms with Crippen LogP contribution >= 0.6 is 0 Å². The van der Waals surface area contributed by atoms with Crippen molar-refractivity contribution in [3.05, 3.63) is 0 Å². The fourth-order valence-electron chi connectivity index (χ4n) is 2.50. The quantitative estimate of drug-likeness (QED) is 0.764. The molecule has 2 rings (SSSR count). The van der Waals surface area contributed by atoms with Crippen LogP contribution in [0.3, 0.4) is 0 Å². The smallest absolute Gasteiger partial charge is 0.241 e. The van der Waals surface area contributed by atoms with E-state index in [1.54, 1.807) is 0 Å². The molecule has 0 radical (unpaired) electrons. The van der Waals surface area contributed by atoms with Gasteiger partial charge in [-0.2, -0.15) is 0 Å². The zero-order valence-corrected chi connectivity index (χ0v) is 9.99. The lowest BCUT2D eigenvalue weighted by atomic mass is 10.2. The Hall–Kier alpha value is -0.570. The van der Waals surface area contributed by atoms with Crippen molar-refractivity contribution < 1.29 is 4.79 Å². The van der Waals surface area contributed by atoms with Crippen molar-refractivity contribution >= 4 is 5.91 Å². The van der Waals surface area contributed by atoms with E-state index in [2.05, 4.69) is 31.0 Å². The zero-order chi connectivity index (χ0) is 11.0. The number of hydrogen-bond acceptors (Lipinski definition) is 2. The lowest BCUT2D eigenvalue weighted by molar-refractivity contribution is -0.130. The van der Waals surface area contributed by atoms with Crippen LogP contribution in [0.25, 0.3) is 0 Å². The maximum absolute atomic E-state index is 12.0. The molecule has 1 N–H and O–H groups in total. The van der Waals surface area contributed by atoms with Crippen LogP contribution in [0.4, 0.5) is 0 Å². The standard InChI is InChI=1S/C12H22N2O/c1-4-10-12(15)14(11(5-2)13-10)7-9-6-8(9)3/h8-11,13H,4-7H2,1-3H3. The topological polar surface area (TPSA) is 32.3 Å². The van der Waals surface area contributed by atoms with Gasteiger partial charge < -0.3 is 4.90 Å². The molecule has 4 atom stereocenters. The Morgan fingerprint density at radius 3 is 2.53 bits per heavy atom. The molecular formula is C12H22N2O. The molecule has 0 aromatic carbocycles. The SMILES string of the molecule is CCC1NC(CC)N(CC2CC2C)C1=O. The monoisotopic (exact) mass is 210 g/mol. The van der Waals surface area contributed by atoms with Crippen LogP contribution in [0.15, 0.2) is 0 Å². The van der Waals surface area contributed by atoms with Gasteiger partial charge in [-0.1, -0.05) is 20.8 Å². The minimum absolute atomic E-state index is 0.0732. The number of nitrogens with zero attached hydrogens (tertiary/aromatic N) is 1. The highest BCUT2D eigenvalue weighted by Crippen LogP contribution is 2.39. The lowest BCUT2D eigenvalue weighted by Gasteiger charge is -2.23. The fraction of sp³-hybridized carbons (Fsp3) is 0.917. The number of carbonyl (C=O) groups is 1. The molecule has 1 aliphatic carbocycles. The molecular weight excluding hydrogens is 188 g/mol. The van der Waals surface area contributed by atoms with E-state index < -0.39 is 0 Å². The summed E-state index contributed by atoms with van der Waals surface area (Å²) in [5.74, 6) is 1.92. The van der Waals surface area contributed by atoms with Gasteiger partial charge >= 0.3 is 0 Å². The van der Waals surface area contributed by atoms with E-state index in [9.17, 15) is 4.79 Å². The second-order valence-electron chi connectivity index (χ2n) is 5.02. The van der Waals surface area contributed by atoms with E-state index in [0.29, 0.717) is 5.91 Å². The minimum atomic E-state index is 0.0732. The van der Waals surface area contributed by atoms with Crippen molar-refractivity contribution in [1.82, 2.24) is 10.2 Å². The fourth-order valence-corrected chi connectivity index (χ4v) is 2.50. The van der Waals surface area contributed by atoms with Crippen LogP contribution in [0.2, 0.25) is 0 Å². The second kappa shape index (κ2) is 4.12. The van der Waals surface area contributed by atoms with E-state index in [4.69, 9.17) is 0 Å². The number of amides is 1. The number of hydrogen-bond donors (Lipinski definition) is 1. The van der Waals surface area contributed by atoms with Crippen LogP contribution < -0.4 is 5.32 Å². The van der Waals surface area contributed by atoms with Gasteiger partial charge in [-0.3, -0.25) is 10.1 Å². The second-order valence-corrected chi connectivity index (χ2v) is 5.02. The first-order valence-electron chi connectivity index (χ1n) is 6.23. The van der Waals surface area contributed by atoms with Gasteiger partial charge in [0.2, 0.25) is 5.91 Å². The summed E-state index contributed by atoms with van der Waals surface area (Å²) in [5, 5.41) is 3.41. The van der Waals surface area contributed by atoms with E-state index in [0.717, 1.165) is 31.2 Å². The molecule has 0 aromatic heterocycles. The summed E-state index contributed by atoms with van der Waals surface area (Å²) in [5.41, 5.74) is 0. The van der Waals surface area contributed by atoms with Gasteiger partial charge in [0.15, 0.2) is 0 Å². The Morgan fingerprint density at radius 2 is 2.07 bits per heavy atom. The summed E-state index contributed by atoms with van der Waals surface area (Å²) in [6, 6.07) is 0.0732. The summed E-state index contributed by atoms with van der Waals surface area (Å²) in [7, 11) is 0. The van der Waals surface area contributed by atoms with E-state index in [1.807, 2.05) is 0 Å². The molecule has 1 saturated carbocycles. The van der Waals surface area contributed by atoms with E-state index >= 15 is 0 Å². The van der Waals surface area contributed by atoms with Crippen LogP contribution in [-0.4, -0.2) is 29.6 Å². The van der Waals surface area contributed by atoms with Crippen LogP contribution in [0.5, 0.6) is 0 Å². The maximum atomic E-state index is 12.0. The number of carbonyl (C=O) groups excluding carboxylic acids is 1. The minimum Gasteiger partial charge on any atom is -0.326 e. The van der Waals surface area contributed by atoms with Crippen molar-refractivity contribution in [2.75, 3.05) is 6.54 Å². The van der Waals surface area contributed by atoms with Gasteiger partial charge in [0.25, 0.3) is 0 Å². The van der Waals surface area contributed by atoms with Crippen molar-refractivity contribution in [1.29, 1.82) is 0 Å². The van der Waals surface area contributed by atoms with Crippen LogP contribution in [0.1, 0.15) is 40.0 Å². The summed E-state index contributed by atoms with van der Waals surface area (Å²) >= 11 is 0. The number of nitrogens with one attached hydrogen (secondary N) is 1. The van der Waals surface area contributed by atoms with Crippen LogP contribution in [0, 0.1) is 11.8 Å². The highest BCUT2D eigenvalue weighted by Gasteiger charge is 2.42. The lowest BCUT2D eigenvalue weighted by Crippen LogP contribution is -2.38. The first-order chi connectivity index (χ1) is 7.17. The van der Waals surface area contributed by atoms with Gasteiger partial charge in [0.1, 0.15) is 0 Å². The largest absolute Gasteiger partial charge is 0.326 e. The Kier molecular flexibility index (Phi) is 3.01. The Morgan fingerprint density at radius 1 is 1.40 bits per heavy atom. The maximum Gasteiger partial charge on any atom is 0.241 e. The highest BCUT2D eigenvalue weighted by molar-refractivity contribution is 5.84. The predicted molar refractivity (Wildman–Crippen MR) is 60.3 cm³/mol. The normalized spacial score (nSPS) is 39.9. The van der Waals surface area contributed by atoms with Crippen LogP contribution in [-0.2, 0) is 4.79 Å². The molecule has 4 unspecified atom stereocenters. The summed E-state index contributed by atoms with van der Waals surface area (Å²) in [4.78, 5) is 14.1. The van der Waals surface area contributed by atoms with Gasteiger partial charge in [0, 0.05) is 6.54 Å². The molecule has 86 valence electrons. The van der Waals surface area contributed by atoms with Crippen molar-refractivity contribution in [2.45, 2.75) is 52.2 Å². The predicted octanol–water partition coefficient (Wildman–Crippen LogP) is 1.59. The molecule has 1 saturated heterocycles. The molecule has 0 spiro atoms. The molecule has 2 aliphatic rings. The van der Waals surface area contributed by atoms with Crippen molar-refractivity contribution in [3.63, 3.8) is 0 Å². The first kappa shape index (κ1) is 10.9. The third-order valence-electron chi connectivity index (χ3n) is 3.85. The Labute approximate surface area is 92.2 Å². The van der Waals surface area contributed by atoms with Gasteiger partial charge in [-0.15, -0.1) is 0 Å². The highest BCUT2D eigenvalue weighted by atomic mass is 16.2. The van der Waals surface area contributed by atoms with E-state index in [-0.39, 0.29) is 12.2 Å². The van der Waals surface area contributed by atoms with Crippen molar-refractivity contribution in [3.8, 4) is 0 Å². The Balaban J connectivity index is 1.97. The van der Waals surface area contributed by atoms with Gasteiger partial charge in [-0.05, 0) is 31.1 Å². The summed E-state index contributed by atoms with van der Waals surface area (Å²) in [6.07, 6.45) is 3.52. The molecule has 1 amide bonds. The molecule has 3 heteroatoms. The first-order valence-corrected chi connectivity index (χ1v) is 6.23. The number of rotatable bonds is 4. The molecule has 15 heavy (non-hydrogen) atoms. The van der Waals surface area contributed by atoms with Gasteiger partial charge in [0.05, 0.1) is 12.2 Å². The molecule has 2 fully saturated rings. The third-order valence-corrected chi connectivity index (χ3v) is 3.85. The molecule has 1 heterocycles. The Bertz CT molecular complexity index is 254. The van der Waals surface area contributed by atoms with Gasteiger partial charge in [-0.25, -0.2) is 0 Å². The molecule has 1 aliphatic heterocycles. The summed E-state index contributed by atoms with van der Waals surface area (Å²) < 4.78 is 0. The van der Waals surface area contributed by atoms with Crippen molar-refractivity contribution in [2.24, 2.45) is 11.8 Å². The zero-order valence-electron chi connectivity index (χ0n) is 9.99. The molecule has 0 aromatic rings. The van der Waals surface area contributed by atoms with E-state index in [1.165, 1.54) is 6.42 Å². The third kappa shape index (κ3) is 2.03. The average Bonchev–Trinajstić information content (AvgIpc) is 2.83. The summed E-state index contributed by atoms with van der Waals surface area (Å²) in [6.45, 7) is 7.47. The molecule has 3 nitrogen and oxygen atoms in total.